The molecule has 2 rings (SSSR count). The largest absolute Gasteiger partial charge is 0.374 e. The van der Waals surface area contributed by atoms with Crippen LogP contribution in [0.4, 0.5) is 5.13 Å². The van der Waals surface area contributed by atoms with E-state index in [4.69, 9.17) is 4.74 Å². The molecule has 1 aliphatic rings. The van der Waals surface area contributed by atoms with Gasteiger partial charge >= 0.3 is 0 Å². The SMILES string of the molecule is CCN(CC)c1ncc(CNC[C@H]2CN(C)CCO2)s1. The summed E-state index contributed by atoms with van der Waals surface area (Å²) in [6.07, 6.45) is 2.29. The fourth-order valence-corrected chi connectivity index (χ4v) is 3.37. The van der Waals surface area contributed by atoms with Gasteiger partial charge < -0.3 is 19.9 Å². The van der Waals surface area contributed by atoms with Gasteiger partial charge in [-0.05, 0) is 20.9 Å². The average molecular weight is 298 g/mol. The van der Waals surface area contributed by atoms with Gasteiger partial charge in [0, 0.05) is 50.3 Å². The standard InChI is InChI=1S/C14H26N4OS/c1-4-18(5-2)14-16-10-13(20-14)9-15-8-12-11-17(3)6-7-19-12/h10,12,15H,4-9,11H2,1-3H3/t12-/m0/s1. The lowest BCUT2D eigenvalue weighted by molar-refractivity contribution is -0.0181. The number of ether oxygens (including phenoxy) is 1. The number of morpholine rings is 1. The molecule has 0 saturated carbocycles. The lowest BCUT2D eigenvalue weighted by atomic mass is 10.3. The molecule has 0 aliphatic carbocycles. The molecule has 0 amide bonds. The van der Waals surface area contributed by atoms with E-state index in [9.17, 15) is 0 Å². The van der Waals surface area contributed by atoms with Gasteiger partial charge in [0.2, 0.25) is 0 Å². The summed E-state index contributed by atoms with van der Waals surface area (Å²) in [5.74, 6) is 0. The third-order valence-electron chi connectivity index (χ3n) is 3.59. The molecule has 0 unspecified atom stereocenters. The van der Waals surface area contributed by atoms with Crippen LogP contribution >= 0.6 is 11.3 Å². The van der Waals surface area contributed by atoms with E-state index < -0.39 is 0 Å². The van der Waals surface area contributed by atoms with Gasteiger partial charge in [-0.3, -0.25) is 0 Å². The molecular weight excluding hydrogens is 272 g/mol. The van der Waals surface area contributed by atoms with Crippen LogP contribution in [0.5, 0.6) is 0 Å². The number of thiazole rings is 1. The highest BCUT2D eigenvalue weighted by atomic mass is 32.1. The van der Waals surface area contributed by atoms with Crippen molar-refractivity contribution in [3.8, 4) is 0 Å². The molecule has 1 saturated heterocycles. The van der Waals surface area contributed by atoms with Crippen LogP contribution in [0.3, 0.4) is 0 Å². The Labute approximate surface area is 125 Å². The second kappa shape index (κ2) is 7.93. The number of anilines is 1. The maximum absolute atomic E-state index is 5.74. The Morgan fingerprint density at radius 3 is 3.00 bits per heavy atom. The Kier molecular flexibility index (Phi) is 6.22. The highest BCUT2D eigenvalue weighted by Crippen LogP contribution is 2.21. The van der Waals surface area contributed by atoms with Gasteiger partial charge in [0.15, 0.2) is 5.13 Å². The van der Waals surface area contributed by atoms with Crippen LogP contribution in [0.15, 0.2) is 6.20 Å². The molecule has 1 aromatic heterocycles. The summed E-state index contributed by atoms with van der Waals surface area (Å²) >= 11 is 1.78. The Morgan fingerprint density at radius 2 is 2.30 bits per heavy atom. The zero-order valence-electron chi connectivity index (χ0n) is 12.8. The van der Waals surface area contributed by atoms with E-state index in [0.717, 1.165) is 51.0 Å². The summed E-state index contributed by atoms with van der Waals surface area (Å²) in [7, 11) is 2.15. The molecule has 1 atom stereocenters. The van der Waals surface area contributed by atoms with Gasteiger partial charge in [-0.15, -0.1) is 11.3 Å². The number of nitrogens with one attached hydrogen (secondary N) is 1. The minimum absolute atomic E-state index is 0.309. The number of nitrogens with zero attached hydrogens (tertiary/aromatic N) is 3. The molecule has 5 nitrogen and oxygen atoms in total. The van der Waals surface area contributed by atoms with E-state index in [1.807, 2.05) is 6.20 Å². The van der Waals surface area contributed by atoms with Gasteiger partial charge in [-0.2, -0.15) is 0 Å². The zero-order valence-corrected chi connectivity index (χ0v) is 13.6. The van der Waals surface area contributed by atoms with Crippen molar-refractivity contribution in [1.82, 2.24) is 15.2 Å². The summed E-state index contributed by atoms with van der Waals surface area (Å²) in [4.78, 5) is 10.4. The van der Waals surface area contributed by atoms with Crippen molar-refractivity contribution in [2.24, 2.45) is 0 Å². The molecule has 1 N–H and O–H groups in total. The van der Waals surface area contributed by atoms with Gasteiger partial charge in [0.1, 0.15) is 0 Å². The monoisotopic (exact) mass is 298 g/mol. The van der Waals surface area contributed by atoms with E-state index >= 15 is 0 Å². The third kappa shape index (κ3) is 4.41. The second-order valence-corrected chi connectivity index (χ2v) is 6.26. The molecule has 114 valence electrons. The number of hydrogen-bond donors (Lipinski definition) is 1. The second-order valence-electron chi connectivity index (χ2n) is 5.17. The van der Waals surface area contributed by atoms with Crippen LogP contribution < -0.4 is 10.2 Å². The van der Waals surface area contributed by atoms with Crippen LogP contribution in [-0.4, -0.2) is 62.4 Å². The molecule has 0 aromatic carbocycles. The topological polar surface area (TPSA) is 40.6 Å². The number of likely N-dealkylation sites (N-methyl/N-ethyl adjacent to an activating group) is 1. The van der Waals surface area contributed by atoms with E-state index in [2.05, 4.69) is 41.0 Å². The third-order valence-corrected chi connectivity index (χ3v) is 4.65. The van der Waals surface area contributed by atoms with Crippen molar-refractivity contribution in [1.29, 1.82) is 0 Å². The highest BCUT2D eigenvalue weighted by Gasteiger charge is 2.17. The lowest BCUT2D eigenvalue weighted by Gasteiger charge is -2.30. The highest BCUT2D eigenvalue weighted by molar-refractivity contribution is 7.15. The van der Waals surface area contributed by atoms with Crippen molar-refractivity contribution < 1.29 is 4.74 Å². The quantitative estimate of drug-likeness (QED) is 0.824. The van der Waals surface area contributed by atoms with Crippen LogP contribution in [0, 0.1) is 0 Å². The maximum atomic E-state index is 5.74. The van der Waals surface area contributed by atoms with Crippen molar-refractivity contribution >= 4 is 16.5 Å². The summed E-state index contributed by atoms with van der Waals surface area (Å²) in [5, 5.41) is 4.61. The van der Waals surface area contributed by atoms with E-state index in [1.54, 1.807) is 11.3 Å². The first-order chi connectivity index (χ1) is 9.72. The van der Waals surface area contributed by atoms with Crippen molar-refractivity contribution in [3.05, 3.63) is 11.1 Å². The summed E-state index contributed by atoms with van der Waals surface area (Å²) in [6, 6.07) is 0. The maximum Gasteiger partial charge on any atom is 0.185 e. The Bertz CT molecular complexity index is 394. The number of hydrogen-bond acceptors (Lipinski definition) is 6. The van der Waals surface area contributed by atoms with E-state index in [0.29, 0.717) is 6.10 Å². The minimum atomic E-state index is 0.309. The molecule has 6 heteroatoms. The molecule has 0 bridgehead atoms. The molecule has 2 heterocycles. The molecule has 1 fully saturated rings. The van der Waals surface area contributed by atoms with E-state index in [-0.39, 0.29) is 0 Å². The first-order valence-corrected chi connectivity index (χ1v) is 8.25. The van der Waals surface area contributed by atoms with Gasteiger partial charge in [0.25, 0.3) is 0 Å². The number of aromatic nitrogens is 1. The molecule has 0 spiro atoms. The Balaban J connectivity index is 1.74. The summed E-state index contributed by atoms with van der Waals surface area (Å²) in [6.45, 7) is 11.0. The van der Waals surface area contributed by atoms with Crippen LogP contribution in [0.25, 0.3) is 0 Å². The van der Waals surface area contributed by atoms with Crippen molar-refractivity contribution in [2.75, 3.05) is 51.3 Å². The molecule has 0 radical (unpaired) electrons. The number of rotatable bonds is 7. The minimum Gasteiger partial charge on any atom is -0.374 e. The summed E-state index contributed by atoms with van der Waals surface area (Å²) < 4.78 is 5.74. The van der Waals surface area contributed by atoms with Crippen molar-refractivity contribution in [3.63, 3.8) is 0 Å². The Hall–Kier alpha value is -0.690. The normalized spacial score (nSPS) is 20.2. The molecular formula is C14H26N4OS. The predicted octanol–water partition coefficient (Wildman–Crippen LogP) is 1.41. The predicted molar refractivity (Wildman–Crippen MR) is 84.6 cm³/mol. The molecule has 20 heavy (non-hydrogen) atoms. The molecule has 1 aromatic rings. The fourth-order valence-electron chi connectivity index (χ4n) is 2.37. The van der Waals surface area contributed by atoms with Gasteiger partial charge in [-0.1, -0.05) is 0 Å². The van der Waals surface area contributed by atoms with Crippen LogP contribution in [-0.2, 0) is 11.3 Å². The van der Waals surface area contributed by atoms with Crippen LogP contribution in [0.2, 0.25) is 0 Å². The molecule has 1 aliphatic heterocycles. The zero-order chi connectivity index (χ0) is 14.4. The smallest absolute Gasteiger partial charge is 0.185 e. The van der Waals surface area contributed by atoms with E-state index in [1.165, 1.54) is 4.88 Å². The first-order valence-electron chi connectivity index (χ1n) is 7.43. The van der Waals surface area contributed by atoms with Crippen LogP contribution in [0.1, 0.15) is 18.7 Å². The fraction of sp³-hybridized carbons (Fsp3) is 0.786. The lowest BCUT2D eigenvalue weighted by Crippen LogP contribution is -2.44. The Morgan fingerprint density at radius 1 is 1.50 bits per heavy atom. The first kappa shape index (κ1) is 15.7. The average Bonchev–Trinajstić information content (AvgIpc) is 2.89. The van der Waals surface area contributed by atoms with Crippen molar-refractivity contribution in [2.45, 2.75) is 26.5 Å². The van der Waals surface area contributed by atoms with Gasteiger partial charge in [-0.25, -0.2) is 4.98 Å². The summed E-state index contributed by atoms with van der Waals surface area (Å²) in [5.41, 5.74) is 0. The van der Waals surface area contributed by atoms with Gasteiger partial charge in [0.05, 0.1) is 12.7 Å².